The average Bonchev–Trinajstić information content (AvgIpc) is 3.09. The van der Waals surface area contributed by atoms with Gasteiger partial charge in [0.25, 0.3) is 0 Å². The second-order valence-electron chi connectivity index (χ2n) is 5.55. The van der Waals surface area contributed by atoms with Gasteiger partial charge in [0.2, 0.25) is 4.87 Å². The van der Waals surface area contributed by atoms with Crippen LogP contribution in [0.25, 0.3) is 0 Å². The fraction of sp³-hybridized carbons (Fsp3) is 0.211. The van der Waals surface area contributed by atoms with E-state index in [1.165, 1.54) is 26.0 Å². The van der Waals surface area contributed by atoms with Crippen LogP contribution >= 0.6 is 11.8 Å². The smallest absolute Gasteiger partial charge is 0.345 e. The number of carbonyl (C=O) groups is 2. The number of methoxy groups -OCH3 is 2. The van der Waals surface area contributed by atoms with Crippen molar-refractivity contribution in [3.63, 3.8) is 0 Å². The molecule has 134 valence electrons. The number of carbonyl (C=O) groups excluding carboxylic acids is 2. The topological polar surface area (TPSA) is 68.2 Å². The number of esters is 2. The van der Waals surface area contributed by atoms with E-state index in [4.69, 9.17) is 9.47 Å². The predicted octanol–water partition coefficient (Wildman–Crippen LogP) is 3.03. The summed E-state index contributed by atoms with van der Waals surface area (Å²) in [6.45, 7) is 0. The van der Waals surface area contributed by atoms with Gasteiger partial charge in [0.15, 0.2) is 0 Å². The molecule has 0 saturated carbocycles. The summed E-state index contributed by atoms with van der Waals surface area (Å²) in [5, 5.41) is 6.82. The summed E-state index contributed by atoms with van der Waals surface area (Å²) in [7, 11) is 2.59. The van der Waals surface area contributed by atoms with Crippen molar-refractivity contribution in [1.29, 1.82) is 0 Å². The lowest BCUT2D eigenvalue weighted by Crippen LogP contribution is -2.50. The molecule has 1 aliphatic rings. The molecule has 0 radical (unpaired) electrons. The van der Waals surface area contributed by atoms with E-state index in [1.807, 2.05) is 60.7 Å². The molecule has 26 heavy (non-hydrogen) atoms. The van der Waals surface area contributed by atoms with Gasteiger partial charge in [-0.1, -0.05) is 60.3 Å². The largest absolute Gasteiger partial charge is 0.469 e. The number of rotatable bonds is 5. The zero-order valence-electron chi connectivity index (χ0n) is 14.4. The molecule has 0 bridgehead atoms. The predicted molar refractivity (Wildman–Crippen MR) is 101 cm³/mol. The number of nitrogens with zero attached hydrogens (tertiary/aromatic N) is 2. The summed E-state index contributed by atoms with van der Waals surface area (Å²) in [5.74, 6) is -1.08. The molecular weight excluding hydrogens is 352 g/mol. The molecule has 7 heteroatoms. The molecular formula is C19H18N2O4S. The highest BCUT2D eigenvalue weighted by atomic mass is 32.2. The molecule has 0 spiro atoms. The van der Waals surface area contributed by atoms with Gasteiger partial charge >= 0.3 is 11.9 Å². The van der Waals surface area contributed by atoms with E-state index in [0.29, 0.717) is 10.7 Å². The van der Waals surface area contributed by atoms with Crippen LogP contribution < -0.4 is 5.01 Å². The molecule has 1 heterocycles. The van der Waals surface area contributed by atoms with Crippen molar-refractivity contribution in [2.75, 3.05) is 19.2 Å². The molecule has 0 aliphatic carbocycles. The second-order valence-corrected chi connectivity index (χ2v) is 6.82. The SMILES string of the molecule is COC(=O)CC1(C(=O)OC)SC(c2ccccc2)=NN1c1ccccc1. The maximum atomic E-state index is 12.8. The Labute approximate surface area is 155 Å². The average molecular weight is 370 g/mol. The Kier molecular flexibility index (Phi) is 5.27. The third-order valence-corrected chi connectivity index (χ3v) is 5.27. The van der Waals surface area contributed by atoms with Crippen molar-refractivity contribution in [2.24, 2.45) is 5.10 Å². The number of thioether (sulfide) groups is 1. The Hall–Kier alpha value is -2.80. The molecule has 0 N–H and O–H groups in total. The van der Waals surface area contributed by atoms with Crippen LogP contribution in [0.15, 0.2) is 65.8 Å². The molecule has 0 aromatic heterocycles. The van der Waals surface area contributed by atoms with E-state index in [1.54, 1.807) is 5.01 Å². The summed E-state index contributed by atoms with van der Waals surface area (Å²) in [5.41, 5.74) is 1.54. The van der Waals surface area contributed by atoms with Crippen molar-refractivity contribution in [3.8, 4) is 0 Å². The van der Waals surface area contributed by atoms with Crippen LogP contribution in [-0.4, -0.2) is 36.1 Å². The van der Waals surface area contributed by atoms with Crippen LogP contribution in [0.5, 0.6) is 0 Å². The van der Waals surface area contributed by atoms with Gasteiger partial charge in [-0.2, -0.15) is 5.10 Å². The maximum absolute atomic E-state index is 12.8. The molecule has 0 amide bonds. The van der Waals surface area contributed by atoms with Gasteiger partial charge in [-0.3, -0.25) is 4.79 Å². The number of hydrazone groups is 1. The first-order valence-electron chi connectivity index (χ1n) is 7.94. The lowest BCUT2D eigenvalue weighted by molar-refractivity contribution is -0.150. The minimum Gasteiger partial charge on any atom is -0.469 e. The standard InChI is InChI=1S/C19H18N2O4S/c1-24-16(22)13-19(18(23)25-2)21(15-11-7-4-8-12-15)20-17(26-19)14-9-5-3-6-10-14/h3-12H,13H2,1-2H3. The Morgan fingerprint density at radius 2 is 1.62 bits per heavy atom. The zero-order chi connectivity index (χ0) is 18.6. The van der Waals surface area contributed by atoms with Crippen molar-refractivity contribution >= 4 is 34.4 Å². The summed E-state index contributed by atoms with van der Waals surface area (Å²) >= 11 is 1.19. The fourth-order valence-corrected chi connectivity index (χ4v) is 3.95. The minimum atomic E-state index is -1.37. The Balaban J connectivity index is 2.11. The summed E-state index contributed by atoms with van der Waals surface area (Å²) in [6.07, 6.45) is -0.199. The fourth-order valence-electron chi connectivity index (χ4n) is 2.67. The van der Waals surface area contributed by atoms with Gasteiger partial charge in [0, 0.05) is 5.56 Å². The van der Waals surface area contributed by atoms with Crippen molar-refractivity contribution in [2.45, 2.75) is 11.3 Å². The Bertz CT molecular complexity index is 826. The van der Waals surface area contributed by atoms with Crippen LogP contribution in [0.4, 0.5) is 5.69 Å². The van der Waals surface area contributed by atoms with Gasteiger partial charge < -0.3 is 9.47 Å². The van der Waals surface area contributed by atoms with Crippen molar-refractivity contribution < 1.29 is 19.1 Å². The van der Waals surface area contributed by atoms with Crippen LogP contribution in [0, 0.1) is 0 Å². The number of benzene rings is 2. The Morgan fingerprint density at radius 3 is 2.19 bits per heavy atom. The molecule has 3 rings (SSSR count). The molecule has 0 fully saturated rings. The first-order chi connectivity index (χ1) is 12.6. The van der Waals surface area contributed by atoms with Crippen LogP contribution in [0.3, 0.4) is 0 Å². The highest BCUT2D eigenvalue weighted by Crippen LogP contribution is 2.45. The van der Waals surface area contributed by atoms with E-state index in [2.05, 4.69) is 5.10 Å². The van der Waals surface area contributed by atoms with E-state index in [-0.39, 0.29) is 6.42 Å². The van der Waals surface area contributed by atoms with Crippen molar-refractivity contribution in [1.82, 2.24) is 0 Å². The molecule has 6 nitrogen and oxygen atoms in total. The second kappa shape index (κ2) is 7.61. The van der Waals surface area contributed by atoms with E-state index in [9.17, 15) is 9.59 Å². The van der Waals surface area contributed by atoms with E-state index < -0.39 is 16.8 Å². The monoisotopic (exact) mass is 370 g/mol. The van der Waals surface area contributed by atoms with Gasteiger partial charge in [-0.15, -0.1) is 0 Å². The lowest BCUT2D eigenvalue weighted by Gasteiger charge is -2.32. The molecule has 0 saturated heterocycles. The number of hydrogen-bond acceptors (Lipinski definition) is 7. The lowest BCUT2D eigenvalue weighted by atomic mass is 10.1. The van der Waals surface area contributed by atoms with Gasteiger partial charge in [-0.25, -0.2) is 9.80 Å². The molecule has 1 atom stereocenters. The summed E-state index contributed by atoms with van der Waals surface area (Å²) in [6, 6.07) is 18.7. The molecule has 2 aromatic carbocycles. The Morgan fingerprint density at radius 1 is 1.00 bits per heavy atom. The third kappa shape index (κ3) is 3.30. The van der Waals surface area contributed by atoms with Gasteiger partial charge in [0.1, 0.15) is 5.04 Å². The zero-order valence-corrected chi connectivity index (χ0v) is 15.2. The van der Waals surface area contributed by atoms with Crippen LogP contribution in [0.2, 0.25) is 0 Å². The third-order valence-electron chi connectivity index (χ3n) is 3.94. The van der Waals surface area contributed by atoms with Gasteiger partial charge in [0.05, 0.1) is 26.3 Å². The number of ether oxygens (including phenoxy) is 2. The normalized spacial score (nSPS) is 19.0. The summed E-state index contributed by atoms with van der Waals surface area (Å²) in [4.78, 5) is 23.5. The maximum Gasteiger partial charge on any atom is 0.345 e. The molecule has 1 aliphatic heterocycles. The van der Waals surface area contributed by atoms with E-state index in [0.717, 1.165) is 5.56 Å². The molecule has 1 unspecified atom stereocenters. The number of para-hydroxylation sites is 1. The highest BCUT2D eigenvalue weighted by molar-refractivity contribution is 8.16. The number of hydrogen-bond donors (Lipinski definition) is 0. The molecule has 2 aromatic rings. The summed E-state index contributed by atoms with van der Waals surface area (Å²) < 4.78 is 9.86. The van der Waals surface area contributed by atoms with Gasteiger partial charge in [-0.05, 0) is 12.1 Å². The first kappa shape index (κ1) is 18.0. The first-order valence-corrected chi connectivity index (χ1v) is 8.76. The highest BCUT2D eigenvalue weighted by Gasteiger charge is 2.54. The minimum absolute atomic E-state index is 0.199. The van der Waals surface area contributed by atoms with Crippen LogP contribution in [-0.2, 0) is 19.1 Å². The van der Waals surface area contributed by atoms with E-state index >= 15 is 0 Å². The quantitative estimate of drug-likeness (QED) is 0.754. The van der Waals surface area contributed by atoms with Crippen LogP contribution in [0.1, 0.15) is 12.0 Å². The van der Waals surface area contributed by atoms with Crippen molar-refractivity contribution in [3.05, 3.63) is 66.2 Å². The number of anilines is 1.